The van der Waals surface area contributed by atoms with Crippen LogP contribution in [0.3, 0.4) is 0 Å². The van der Waals surface area contributed by atoms with Crippen LogP contribution in [-0.4, -0.2) is 33.4 Å². The Balaban J connectivity index is 1.48. The number of benzene rings is 2. The SMILES string of the molecule is COc1cc(N(F)CC(c2ccccc2)c2cc(C(C)(C)O)c(F)c(-c3ccc(F)c(Cl)c3Cl)n2)cc2cc(C3CC3)nn12. The van der Waals surface area contributed by atoms with E-state index < -0.39 is 23.2 Å². The van der Waals surface area contributed by atoms with E-state index in [2.05, 4.69) is 10.1 Å². The Hall–Kier alpha value is -3.79. The van der Waals surface area contributed by atoms with Crippen LogP contribution in [0.5, 0.6) is 5.88 Å². The highest BCUT2D eigenvalue weighted by Gasteiger charge is 2.31. The molecule has 1 aliphatic rings. The quantitative estimate of drug-likeness (QED) is 0.129. The third-order valence-electron chi connectivity index (χ3n) is 7.85. The van der Waals surface area contributed by atoms with Crippen molar-refractivity contribution in [1.82, 2.24) is 14.6 Å². The summed E-state index contributed by atoms with van der Waals surface area (Å²) in [4.78, 5) is 4.60. The summed E-state index contributed by atoms with van der Waals surface area (Å²) in [6, 6.07) is 18.0. The zero-order valence-corrected chi connectivity index (χ0v) is 25.7. The van der Waals surface area contributed by atoms with Gasteiger partial charge in [0.05, 0.1) is 51.9 Å². The van der Waals surface area contributed by atoms with Gasteiger partial charge in [0.15, 0.2) is 5.82 Å². The van der Waals surface area contributed by atoms with Crippen LogP contribution in [0.1, 0.15) is 61.0 Å². The molecule has 1 saturated carbocycles. The highest BCUT2D eigenvalue weighted by atomic mass is 35.5. The first-order chi connectivity index (χ1) is 21.0. The number of hydrogen-bond donors (Lipinski definition) is 1. The molecule has 0 aliphatic heterocycles. The molecule has 6 nitrogen and oxygen atoms in total. The first kappa shape index (κ1) is 30.2. The second kappa shape index (κ2) is 11.6. The van der Waals surface area contributed by atoms with Crippen molar-refractivity contribution < 1.29 is 23.1 Å². The summed E-state index contributed by atoms with van der Waals surface area (Å²) in [7, 11) is 1.50. The third-order valence-corrected chi connectivity index (χ3v) is 8.70. The Morgan fingerprint density at radius 1 is 1.05 bits per heavy atom. The van der Waals surface area contributed by atoms with E-state index in [9.17, 15) is 9.50 Å². The molecule has 6 rings (SSSR count). The van der Waals surface area contributed by atoms with Crippen LogP contribution in [0, 0.1) is 11.6 Å². The minimum absolute atomic E-state index is 0.0363. The van der Waals surface area contributed by atoms with E-state index in [0.29, 0.717) is 28.0 Å². The van der Waals surface area contributed by atoms with E-state index >= 15 is 8.87 Å². The fraction of sp³-hybridized carbons (Fsp3) is 0.273. The van der Waals surface area contributed by atoms with E-state index in [1.54, 1.807) is 16.6 Å². The Bertz CT molecular complexity index is 1860. The van der Waals surface area contributed by atoms with Crippen molar-refractivity contribution in [1.29, 1.82) is 0 Å². The maximum Gasteiger partial charge on any atom is 0.216 e. The summed E-state index contributed by atoms with van der Waals surface area (Å²) in [5.74, 6) is -1.59. The first-order valence-corrected chi connectivity index (χ1v) is 14.8. The van der Waals surface area contributed by atoms with Crippen molar-refractivity contribution in [3.05, 3.63) is 111 Å². The standard InChI is InChI=1S/C33H29Cl2F3N4O2/c1-33(2,43)24-16-27(39-32(31(24)37)22-11-12-25(36)30(35)29(22)34)23(18-7-5-4-6-8-18)17-41(38)20-13-21-14-26(19-9-10-19)40-42(21)28(15-20)44-3/h4-8,11-16,19,23,43H,9-10,17H2,1-3H3. The molecule has 2 aromatic carbocycles. The summed E-state index contributed by atoms with van der Waals surface area (Å²) < 4.78 is 53.6. The molecule has 0 amide bonds. The molecule has 0 radical (unpaired) electrons. The fourth-order valence-corrected chi connectivity index (χ4v) is 5.73. The smallest absolute Gasteiger partial charge is 0.216 e. The summed E-state index contributed by atoms with van der Waals surface area (Å²) in [6.45, 7) is 2.63. The molecule has 1 N–H and O–H groups in total. The van der Waals surface area contributed by atoms with Crippen LogP contribution >= 0.6 is 23.2 Å². The molecule has 1 unspecified atom stereocenters. The van der Waals surface area contributed by atoms with Crippen molar-refractivity contribution in [3.8, 4) is 17.1 Å². The molecule has 5 aromatic rings. The number of halogens is 5. The van der Waals surface area contributed by atoms with Gasteiger partial charge in [-0.3, -0.25) is 0 Å². The van der Waals surface area contributed by atoms with Gasteiger partial charge in [-0.25, -0.2) is 23.4 Å². The molecular formula is C33H29Cl2F3N4O2. The normalized spacial score (nSPS) is 14.2. The predicted octanol–water partition coefficient (Wildman–Crippen LogP) is 8.62. The molecule has 0 bridgehead atoms. The minimum Gasteiger partial charge on any atom is -0.481 e. The Morgan fingerprint density at radius 3 is 2.43 bits per heavy atom. The number of nitrogens with zero attached hydrogens (tertiary/aromatic N) is 4. The summed E-state index contributed by atoms with van der Waals surface area (Å²) in [6.07, 6.45) is 2.14. The number of rotatable bonds is 9. The van der Waals surface area contributed by atoms with Gasteiger partial charge in [-0.15, -0.1) is 0 Å². The molecule has 44 heavy (non-hydrogen) atoms. The van der Waals surface area contributed by atoms with Gasteiger partial charge in [0.1, 0.15) is 11.5 Å². The lowest BCUT2D eigenvalue weighted by Gasteiger charge is -2.26. The van der Waals surface area contributed by atoms with Gasteiger partial charge in [0.25, 0.3) is 0 Å². The molecule has 1 fully saturated rings. The molecule has 1 atom stereocenters. The number of aliphatic hydroxyl groups is 1. The van der Waals surface area contributed by atoms with Crippen LogP contribution in [0.2, 0.25) is 10.0 Å². The largest absolute Gasteiger partial charge is 0.481 e. The topological polar surface area (TPSA) is 62.9 Å². The molecule has 3 heterocycles. The highest BCUT2D eigenvalue weighted by Crippen LogP contribution is 2.42. The Kier molecular flexibility index (Phi) is 7.98. The molecule has 1 aliphatic carbocycles. The van der Waals surface area contributed by atoms with Crippen LogP contribution in [-0.2, 0) is 5.60 Å². The molecule has 0 saturated heterocycles. The van der Waals surface area contributed by atoms with Crippen LogP contribution in [0.15, 0.2) is 66.7 Å². The zero-order chi connectivity index (χ0) is 31.3. The highest BCUT2D eigenvalue weighted by molar-refractivity contribution is 6.43. The summed E-state index contributed by atoms with van der Waals surface area (Å²) in [5.41, 5.74) is 0.872. The zero-order valence-electron chi connectivity index (χ0n) is 24.2. The predicted molar refractivity (Wildman–Crippen MR) is 165 cm³/mol. The van der Waals surface area contributed by atoms with E-state index in [4.69, 9.17) is 27.9 Å². The lowest BCUT2D eigenvalue weighted by atomic mass is 9.89. The summed E-state index contributed by atoms with van der Waals surface area (Å²) in [5, 5.41) is 15.6. The van der Waals surface area contributed by atoms with Crippen LogP contribution < -0.4 is 9.86 Å². The molecular weight excluding hydrogens is 612 g/mol. The Labute approximate surface area is 262 Å². The van der Waals surface area contributed by atoms with Gasteiger partial charge in [0, 0.05) is 29.0 Å². The van der Waals surface area contributed by atoms with Crippen molar-refractivity contribution in [2.75, 3.05) is 18.8 Å². The number of ether oxygens (including phenoxy) is 1. The lowest BCUT2D eigenvalue weighted by molar-refractivity contribution is 0.0743. The average molecular weight is 642 g/mol. The number of aromatic nitrogens is 3. The monoisotopic (exact) mass is 640 g/mol. The lowest BCUT2D eigenvalue weighted by Crippen LogP contribution is -2.25. The van der Waals surface area contributed by atoms with Crippen molar-refractivity contribution in [2.45, 2.75) is 44.1 Å². The van der Waals surface area contributed by atoms with Gasteiger partial charge in [-0.2, -0.15) is 5.10 Å². The van der Waals surface area contributed by atoms with Crippen LogP contribution in [0.25, 0.3) is 16.8 Å². The van der Waals surface area contributed by atoms with Gasteiger partial charge < -0.3 is 9.84 Å². The van der Waals surface area contributed by atoms with E-state index in [0.717, 1.165) is 24.6 Å². The summed E-state index contributed by atoms with van der Waals surface area (Å²) >= 11 is 12.4. The van der Waals surface area contributed by atoms with E-state index in [-0.39, 0.29) is 44.8 Å². The van der Waals surface area contributed by atoms with Crippen molar-refractivity contribution >= 4 is 34.4 Å². The van der Waals surface area contributed by atoms with Gasteiger partial charge in [0.2, 0.25) is 5.88 Å². The molecule has 11 heteroatoms. The first-order valence-electron chi connectivity index (χ1n) is 14.1. The molecule has 0 spiro atoms. The number of fused-ring (bicyclic) bond motifs is 1. The maximum absolute atomic E-state index is 16.3. The second-order valence-corrected chi connectivity index (χ2v) is 12.2. The number of pyridine rings is 2. The Morgan fingerprint density at radius 2 is 1.77 bits per heavy atom. The van der Waals surface area contributed by atoms with E-state index in [1.165, 1.54) is 33.1 Å². The van der Waals surface area contributed by atoms with Crippen molar-refractivity contribution in [3.63, 3.8) is 0 Å². The van der Waals surface area contributed by atoms with Gasteiger partial charge >= 0.3 is 0 Å². The number of hydrogen-bond acceptors (Lipinski definition) is 5. The van der Waals surface area contributed by atoms with Gasteiger partial charge in [-0.05, 0) is 62.6 Å². The number of anilines is 1. The maximum atomic E-state index is 16.3. The van der Waals surface area contributed by atoms with Gasteiger partial charge in [-0.1, -0.05) is 58.0 Å². The van der Waals surface area contributed by atoms with E-state index in [1.807, 2.05) is 36.4 Å². The number of methoxy groups -OCH3 is 1. The van der Waals surface area contributed by atoms with Crippen molar-refractivity contribution in [2.24, 2.45) is 0 Å². The molecule has 228 valence electrons. The minimum atomic E-state index is -1.65. The third kappa shape index (κ3) is 5.72. The second-order valence-electron chi connectivity index (χ2n) is 11.5. The van der Waals surface area contributed by atoms with Crippen LogP contribution in [0.4, 0.5) is 18.9 Å². The fourth-order valence-electron chi connectivity index (χ4n) is 5.32. The average Bonchev–Trinajstić information content (AvgIpc) is 3.77. The molecule has 3 aromatic heterocycles.